The maximum absolute atomic E-state index is 4.19. The fourth-order valence-corrected chi connectivity index (χ4v) is 2.62. The first-order chi connectivity index (χ1) is 5.88. The number of fused-ring (bicyclic) bond motifs is 1. The molecular formula is C12H18. The molecule has 0 aromatic heterocycles. The van der Waals surface area contributed by atoms with Crippen LogP contribution in [0.5, 0.6) is 0 Å². The second kappa shape index (κ2) is 3.47. The molecule has 2 aliphatic rings. The molecule has 0 amide bonds. The third-order valence-corrected chi connectivity index (χ3v) is 3.36. The van der Waals surface area contributed by atoms with Crippen LogP contribution in [0.2, 0.25) is 0 Å². The summed E-state index contributed by atoms with van der Waals surface area (Å²) in [6.07, 6.45) is 13.0. The van der Waals surface area contributed by atoms with E-state index in [-0.39, 0.29) is 0 Å². The minimum atomic E-state index is 0.831. The van der Waals surface area contributed by atoms with Crippen molar-refractivity contribution in [1.29, 1.82) is 0 Å². The van der Waals surface area contributed by atoms with Gasteiger partial charge in [-0.1, -0.05) is 43.6 Å². The zero-order valence-corrected chi connectivity index (χ0v) is 7.76. The normalized spacial score (nSPS) is 35.8. The number of hydrogen-bond donors (Lipinski definition) is 0. The van der Waals surface area contributed by atoms with E-state index in [0.29, 0.717) is 0 Å². The molecule has 0 N–H and O–H groups in total. The van der Waals surface area contributed by atoms with Crippen LogP contribution in [0, 0.1) is 11.8 Å². The Morgan fingerprint density at radius 1 is 1.17 bits per heavy atom. The van der Waals surface area contributed by atoms with Crippen molar-refractivity contribution in [2.75, 3.05) is 0 Å². The summed E-state index contributed by atoms with van der Waals surface area (Å²) in [5, 5.41) is 0. The van der Waals surface area contributed by atoms with E-state index in [1.54, 1.807) is 0 Å². The summed E-state index contributed by atoms with van der Waals surface area (Å²) in [6, 6.07) is 0. The van der Waals surface area contributed by atoms with Crippen molar-refractivity contribution in [1.82, 2.24) is 0 Å². The molecule has 12 heavy (non-hydrogen) atoms. The first kappa shape index (κ1) is 8.10. The van der Waals surface area contributed by atoms with Gasteiger partial charge in [-0.25, -0.2) is 0 Å². The van der Waals surface area contributed by atoms with Gasteiger partial charge in [-0.3, -0.25) is 0 Å². The Labute approximate surface area is 75.4 Å². The smallest absolute Gasteiger partial charge is 0.0138 e. The van der Waals surface area contributed by atoms with E-state index >= 15 is 0 Å². The van der Waals surface area contributed by atoms with Gasteiger partial charge in [0.2, 0.25) is 0 Å². The number of allylic oxidation sites excluding steroid dienone is 3. The summed E-state index contributed by atoms with van der Waals surface area (Å²) in [7, 11) is 0. The van der Waals surface area contributed by atoms with Crippen molar-refractivity contribution >= 4 is 0 Å². The van der Waals surface area contributed by atoms with Gasteiger partial charge in [-0.05, 0) is 31.1 Å². The molecule has 0 radical (unpaired) electrons. The van der Waals surface area contributed by atoms with Crippen molar-refractivity contribution in [2.45, 2.75) is 38.5 Å². The Kier molecular flexibility index (Phi) is 2.34. The van der Waals surface area contributed by atoms with E-state index < -0.39 is 0 Å². The lowest BCUT2D eigenvalue weighted by Crippen LogP contribution is -2.16. The summed E-state index contributed by atoms with van der Waals surface area (Å²) in [5.41, 5.74) is 1.49. The first-order valence-electron chi connectivity index (χ1n) is 5.22. The van der Waals surface area contributed by atoms with E-state index in [2.05, 4.69) is 18.7 Å². The van der Waals surface area contributed by atoms with Crippen LogP contribution in [0.4, 0.5) is 0 Å². The SMILES string of the molecule is C=C1CC=CC2CCCCCC12. The topological polar surface area (TPSA) is 0 Å². The molecule has 1 fully saturated rings. The highest BCUT2D eigenvalue weighted by Gasteiger charge is 2.25. The van der Waals surface area contributed by atoms with E-state index in [1.165, 1.54) is 37.7 Å². The molecule has 1 saturated carbocycles. The van der Waals surface area contributed by atoms with Crippen LogP contribution >= 0.6 is 0 Å². The maximum Gasteiger partial charge on any atom is -0.0138 e. The molecule has 2 aliphatic carbocycles. The van der Waals surface area contributed by atoms with E-state index in [1.807, 2.05) is 0 Å². The second-order valence-corrected chi connectivity index (χ2v) is 4.20. The lowest BCUT2D eigenvalue weighted by Gasteiger charge is -2.27. The zero-order valence-electron chi connectivity index (χ0n) is 7.76. The van der Waals surface area contributed by atoms with Crippen molar-refractivity contribution < 1.29 is 0 Å². The Bertz CT molecular complexity index is 200. The van der Waals surface area contributed by atoms with Gasteiger partial charge < -0.3 is 0 Å². The maximum atomic E-state index is 4.19. The van der Waals surface area contributed by atoms with Gasteiger partial charge in [-0.15, -0.1) is 0 Å². The summed E-state index contributed by atoms with van der Waals surface area (Å²) in [4.78, 5) is 0. The average Bonchev–Trinajstić information content (AvgIpc) is 2.30. The van der Waals surface area contributed by atoms with Crippen LogP contribution in [0.3, 0.4) is 0 Å². The number of hydrogen-bond acceptors (Lipinski definition) is 0. The van der Waals surface area contributed by atoms with Crippen molar-refractivity contribution in [2.24, 2.45) is 11.8 Å². The Balaban J connectivity index is 2.14. The van der Waals surface area contributed by atoms with Crippen LogP contribution in [-0.2, 0) is 0 Å². The largest absolute Gasteiger partial charge is 0.0992 e. The molecule has 0 bridgehead atoms. The van der Waals surface area contributed by atoms with Gasteiger partial charge in [0, 0.05) is 0 Å². The van der Waals surface area contributed by atoms with Crippen LogP contribution in [0.15, 0.2) is 24.3 Å². The van der Waals surface area contributed by atoms with Gasteiger partial charge in [-0.2, -0.15) is 0 Å². The quantitative estimate of drug-likeness (QED) is 0.476. The highest BCUT2D eigenvalue weighted by Crippen LogP contribution is 2.38. The van der Waals surface area contributed by atoms with Crippen LogP contribution in [-0.4, -0.2) is 0 Å². The molecule has 2 unspecified atom stereocenters. The summed E-state index contributed by atoms with van der Waals surface area (Å²) < 4.78 is 0. The minimum Gasteiger partial charge on any atom is -0.0992 e. The molecule has 2 rings (SSSR count). The fraction of sp³-hybridized carbons (Fsp3) is 0.667. The van der Waals surface area contributed by atoms with Crippen molar-refractivity contribution in [3.63, 3.8) is 0 Å². The monoisotopic (exact) mass is 162 g/mol. The molecule has 0 saturated heterocycles. The fourth-order valence-electron chi connectivity index (χ4n) is 2.62. The van der Waals surface area contributed by atoms with Gasteiger partial charge in [0.05, 0.1) is 0 Å². The minimum absolute atomic E-state index is 0.831. The third-order valence-electron chi connectivity index (χ3n) is 3.36. The van der Waals surface area contributed by atoms with Crippen LogP contribution in [0.1, 0.15) is 38.5 Å². The standard InChI is InChI=1S/C12H18/c1-10-6-5-8-11-7-3-2-4-9-12(10)11/h5,8,11-12H,1-4,6-7,9H2. The van der Waals surface area contributed by atoms with Crippen LogP contribution in [0.25, 0.3) is 0 Å². The molecule has 0 nitrogen and oxygen atoms in total. The lowest BCUT2D eigenvalue weighted by molar-refractivity contribution is 0.412. The third kappa shape index (κ3) is 1.48. The Hall–Kier alpha value is -0.520. The Morgan fingerprint density at radius 3 is 2.92 bits per heavy atom. The Morgan fingerprint density at radius 2 is 2.00 bits per heavy atom. The van der Waals surface area contributed by atoms with Crippen LogP contribution < -0.4 is 0 Å². The summed E-state index contributed by atoms with van der Waals surface area (Å²) >= 11 is 0. The molecule has 0 aromatic carbocycles. The van der Waals surface area contributed by atoms with Gasteiger partial charge in [0.15, 0.2) is 0 Å². The molecule has 0 heteroatoms. The van der Waals surface area contributed by atoms with E-state index in [0.717, 1.165) is 18.3 Å². The summed E-state index contributed by atoms with van der Waals surface area (Å²) in [5.74, 6) is 1.67. The molecule has 66 valence electrons. The van der Waals surface area contributed by atoms with E-state index in [4.69, 9.17) is 0 Å². The van der Waals surface area contributed by atoms with E-state index in [9.17, 15) is 0 Å². The van der Waals surface area contributed by atoms with Crippen molar-refractivity contribution in [3.8, 4) is 0 Å². The molecule has 0 aromatic rings. The molecule has 0 spiro atoms. The van der Waals surface area contributed by atoms with Gasteiger partial charge >= 0.3 is 0 Å². The molecular weight excluding hydrogens is 144 g/mol. The highest BCUT2D eigenvalue weighted by atomic mass is 14.3. The lowest BCUT2D eigenvalue weighted by atomic mass is 9.78. The predicted octanol–water partition coefficient (Wildman–Crippen LogP) is 3.70. The summed E-state index contributed by atoms with van der Waals surface area (Å²) in [6.45, 7) is 4.19. The van der Waals surface area contributed by atoms with Crippen molar-refractivity contribution in [3.05, 3.63) is 24.3 Å². The average molecular weight is 162 g/mol. The molecule has 0 aliphatic heterocycles. The number of rotatable bonds is 0. The first-order valence-corrected chi connectivity index (χ1v) is 5.22. The molecule has 0 heterocycles. The second-order valence-electron chi connectivity index (χ2n) is 4.20. The molecule has 2 atom stereocenters. The predicted molar refractivity (Wildman–Crippen MR) is 53.0 cm³/mol. The van der Waals surface area contributed by atoms with Gasteiger partial charge in [0.1, 0.15) is 0 Å². The zero-order chi connectivity index (χ0) is 8.39. The van der Waals surface area contributed by atoms with Gasteiger partial charge in [0.25, 0.3) is 0 Å². The highest BCUT2D eigenvalue weighted by molar-refractivity contribution is 5.16.